The Morgan fingerprint density at radius 3 is 3.17 bits per heavy atom. The Kier molecular flexibility index (Phi) is 3.76. The van der Waals surface area contributed by atoms with E-state index < -0.39 is 0 Å². The lowest BCUT2D eigenvalue weighted by molar-refractivity contribution is 0.291. The number of rotatable bonds is 5. The Labute approximate surface area is 72.2 Å². The van der Waals surface area contributed by atoms with Gasteiger partial charge < -0.3 is 15.0 Å². The molecule has 4 heteroatoms. The second-order valence-electron chi connectivity index (χ2n) is 2.53. The first-order valence-electron chi connectivity index (χ1n) is 4.20. The normalized spacial score (nSPS) is 10.5. The van der Waals surface area contributed by atoms with Gasteiger partial charge in [0.15, 0.2) is 0 Å². The fraction of sp³-hybridized carbons (Fsp3) is 0.625. The van der Waals surface area contributed by atoms with Crippen LogP contribution in [0, 0.1) is 0 Å². The topological polar surface area (TPSA) is 50.1 Å². The van der Waals surface area contributed by atoms with E-state index in [-0.39, 0.29) is 6.61 Å². The largest absolute Gasteiger partial charge is 0.395 e. The van der Waals surface area contributed by atoms with Crippen molar-refractivity contribution in [3.63, 3.8) is 0 Å². The van der Waals surface area contributed by atoms with Crippen LogP contribution in [0.5, 0.6) is 0 Å². The summed E-state index contributed by atoms with van der Waals surface area (Å²) in [4.78, 5) is 4.18. The molecule has 0 bridgehead atoms. The van der Waals surface area contributed by atoms with Gasteiger partial charge in [-0.1, -0.05) is 0 Å². The van der Waals surface area contributed by atoms with Crippen molar-refractivity contribution in [2.75, 3.05) is 13.2 Å². The Hall–Kier alpha value is -0.870. The van der Waals surface area contributed by atoms with Gasteiger partial charge in [-0.3, -0.25) is 0 Å². The van der Waals surface area contributed by atoms with Gasteiger partial charge >= 0.3 is 0 Å². The minimum atomic E-state index is 0.173. The van der Waals surface area contributed by atoms with Crippen molar-refractivity contribution in [1.29, 1.82) is 0 Å². The van der Waals surface area contributed by atoms with Crippen molar-refractivity contribution in [2.24, 2.45) is 0 Å². The number of nitrogens with zero attached hydrogens (tertiary/aromatic N) is 2. The third-order valence-electron chi connectivity index (χ3n) is 1.71. The van der Waals surface area contributed by atoms with Gasteiger partial charge in [-0.25, -0.2) is 4.98 Å². The van der Waals surface area contributed by atoms with E-state index in [0.29, 0.717) is 6.54 Å². The van der Waals surface area contributed by atoms with E-state index in [1.54, 1.807) is 6.20 Å². The number of hydrogen-bond donors (Lipinski definition) is 2. The predicted octanol–water partition coefficient (Wildman–Crippen LogP) is -0.0151. The molecule has 0 radical (unpaired) electrons. The highest BCUT2D eigenvalue weighted by Crippen LogP contribution is 1.95. The Balaban J connectivity index is 2.39. The third kappa shape index (κ3) is 2.32. The highest BCUT2D eigenvalue weighted by Gasteiger charge is 1.98. The number of nitrogens with one attached hydrogen (secondary N) is 1. The van der Waals surface area contributed by atoms with Crippen molar-refractivity contribution in [2.45, 2.75) is 20.0 Å². The third-order valence-corrected chi connectivity index (χ3v) is 1.71. The van der Waals surface area contributed by atoms with E-state index in [0.717, 1.165) is 18.9 Å². The average Bonchev–Trinajstić information content (AvgIpc) is 2.52. The van der Waals surface area contributed by atoms with Crippen LogP contribution in [0.3, 0.4) is 0 Å². The molecular weight excluding hydrogens is 154 g/mol. The summed E-state index contributed by atoms with van der Waals surface area (Å²) in [5, 5.41) is 11.6. The minimum absolute atomic E-state index is 0.173. The molecule has 0 saturated carbocycles. The molecule has 0 spiro atoms. The van der Waals surface area contributed by atoms with Crippen LogP contribution in [0.15, 0.2) is 12.4 Å². The molecule has 12 heavy (non-hydrogen) atoms. The lowest BCUT2D eigenvalue weighted by Crippen LogP contribution is -2.20. The summed E-state index contributed by atoms with van der Waals surface area (Å²) in [5.74, 6) is 1.02. The van der Waals surface area contributed by atoms with Crippen LogP contribution in [0.25, 0.3) is 0 Å². The molecule has 0 fully saturated rings. The van der Waals surface area contributed by atoms with Crippen molar-refractivity contribution < 1.29 is 5.11 Å². The fourth-order valence-electron chi connectivity index (χ4n) is 1.07. The summed E-state index contributed by atoms with van der Waals surface area (Å²) in [7, 11) is 0. The molecule has 0 aliphatic heterocycles. The van der Waals surface area contributed by atoms with E-state index in [4.69, 9.17) is 5.11 Å². The van der Waals surface area contributed by atoms with Gasteiger partial charge in [0.2, 0.25) is 0 Å². The molecular formula is C8H15N3O. The van der Waals surface area contributed by atoms with Crippen LogP contribution in [-0.4, -0.2) is 27.8 Å². The van der Waals surface area contributed by atoms with Crippen molar-refractivity contribution in [3.05, 3.63) is 18.2 Å². The molecule has 68 valence electrons. The number of hydrogen-bond acceptors (Lipinski definition) is 3. The zero-order valence-electron chi connectivity index (χ0n) is 7.32. The Morgan fingerprint density at radius 1 is 1.67 bits per heavy atom. The fourth-order valence-corrected chi connectivity index (χ4v) is 1.07. The maximum atomic E-state index is 8.53. The highest BCUT2D eigenvalue weighted by atomic mass is 16.3. The van der Waals surface area contributed by atoms with Crippen LogP contribution in [0.1, 0.15) is 12.7 Å². The van der Waals surface area contributed by atoms with Crippen LogP contribution in [-0.2, 0) is 13.1 Å². The smallest absolute Gasteiger partial charge is 0.122 e. The molecule has 0 aromatic carbocycles. The summed E-state index contributed by atoms with van der Waals surface area (Å²) in [6.45, 7) is 4.54. The molecule has 0 atom stereocenters. The second kappa shape index (κ2) is 4.90. The van der Waals surface area contributed by atoms with E-state index in [9.17, 15) is 0 Å². The Morgan fingerprint density at radius 2 is 2.50 bits per heavy atom. The van der Waals surface area contributed by atoms with Crippen LogP contribution >= 0.6 is 0 Å². The molecule has 1 aromatic rings. The highest BCUT2D eigenvalue weighted by molar-refractivity contribution is 4.91. The number of imidazole rings is 1. The van der Waals surface area contributed by atoms with Gasteiger partial charge in [0, 0.05) is 25.5 Å². The summed E-state index contributed by atoms with van der Waals surface area (Å²) >= 11 is 0. The van der Waals surface area contributed by atoms with Gasteiger partial charge in [-0.15, -0.1) is 0 Å². The molecule has 0 amide bonds. The molecule has 4 nitrogen and oxygen atoms in total. The van der Waals surface area contributed by atoms with Crippen molar-refractivity contribution >= 4 is 0 Å². The molecule has 1 aromatic heterocycles. The van der Waals surface area contributed by atoms with Gasteiger partial charge in [-0.2, -0.15) is 0 Å². The first kappa shape index (κ1) is 9.22. The number of aliphatic hydroxyl groups excluding tert-OH is 1. The summed E-state index contributed by atoms with van der Waals surface area (Å²) in [6, 6.07) is 0. The van der Waals surface area contributed by atoms with Crippen LogP contribution in [0.4, 0.5) is 0 Å². The zero-order chi connectivity index (χ0) is 8.81. The molecule has 0 aliphatic carbocycles. The molecule has 0 aliphatic rings. The van der Waals surface area contributed by atoms with Gasteiger partial charge in [0.25, 0.3) is 0 Å². The molecule has 2 N–H and O–H groups in total. The minimum Gasteiger partial charge on any atom is -0.395 e. The average molecular weight is 169 g/mol. The molecule has 0 saturated heterocycles. The van der Waals surface area contributed by atoms with Gasteiger partial charge in [-0.05, 0) is 6.92 Å². The molecule has 0 unspecified atom stereocenters. The first-order valence-corrected chi connectivity index (χ1v) is 4.20. The van der Waals surface area contributed by atoms with E-state index in [1.165, 1.54) is 0 Å². The van der Waals surface area contributed by atoms with Crippen LogP contribution in [0.2, 0.25) is 0 Å². The van der Waals surface area contributed by atoms with E-state index >= 15 is 0 Å². The van der Waals surface area contributed by atoms with E-state index in [2.05, 4.69) is 21.8 Å². The summed E-state index contributed by atoms with van der Waals surface area (Å²) in [6.07, 6.45) is 3.75. The number of aliphatic hydroxyl groups is 1. The van der Waals surface area contributed by atoms with Gasteiger partial charge in [0.05, 0.1) is 13.2 Å². The second-order valence-corrected chi connectivity index (χ2v) is 2.53. The lowest BCUT2D eigenvalue weighted by atomic mass is 10.5. The maximum Gasteiger partial charge on any atom is 0.122 e. The Bertz CT molecular complexity index is 222. The van der Waals surface area contributed by atoms with Gasteiger partial charge in [0.1, 0.15) is 5.82 Å². The number of aromatic nitrogens is 2. The van der Waals surface area contributed by atoms with Crippen molar-refractivity contribution in [3.8, 4) is 0 Å². The first-order chi connectivity index (χ1) is 5.88. The number of aryl methyl sites for hydroxylation is 1. The molecule has 1 heterocycles. The maximum absolute atomic E-state index is 8.53. The summed E-state index contributed by atoms with van der Waals surface area (Å²) < 4.78 is 2.07. The SMILES string of the molecule is CCn1ccnc1CNCCO. The standard InChI is InChI=1S/C8H15N3O/c1-2-11-5-3-10-8(11)7-9-4-6-12/h3,5,9,12H,2,4,6-7H2,1H3. The zero-order valence-corrected chi connectivity index (χ0v) is 7.32. The monoisotopic (exact) mass is 169 g/mol. The van der Waals surface area contributed by atoms with E-state index in [1.807, 2.05) is 6.20 Å². The van der Waals surface area contributed by atoms with Crippen molar-refractivity contribution in [1.82, 2.24) is 14.9 Å². The quantitative estimate of drug-likeness (QED) is 0.609. The predicted molar refractivity (Wildman–Crippen MR) is 46.7 cm³/mol. The lowest BCUT2D eigenvalue weighted by Gasteiger charge is -2.04. The van der Waals surface area contributed by atoms with Crippen LogP contribution < -0.4 is 5.32 Å². The summed E-state index contributed by atoms with van der Waals surface area (Å²) in [5.41, 5.74) is 0. The molecule has 1 rings (SSSR count).